The molecule has 0 fully saturated rings. The summed E-state index contributed by atoms with van der Waals surface area (Å²) in [6.07, 6.45) is -0.281. The average molecular weight is 314 g/mol. The molecule has 120 valence electrons. The van der Waals surface area contributed by atoms with Gasteiger partial charge in [-0.05, 0) is 13.3 Å². The number of halogens is 3. The molecule has 22 heavy (non-hydrogen) atoms. The van der Waals surface area contributed by atoms with Crippen molar-refractivity contribution in [3.05, 3.63) is 51.5 Å². The number of H-pyrrole nitrogens is 1. The van der Waals surface area contributed by atoms with E-state index in [9.17, 15) is 18.0 Å². The summed E-state index contributed by atoms with van der Waals surface area (Å²) in [6.45, 7) is 2.03. The minimum atomic E-state index is -4.52. The fraction of sp³-hybridized carbons (Fsp3) is 0.429. The molecule has 2 rings (SSSR count). The van der Waals surface area contributed by atoms with Gasteiger partial charge in [-0.3, -0.25) is 4.79 Å². The van der Waals surface area contributed by atoms with E-state index in [1.807, 2.05) is 0 Å². The number of nitrogens with zero attached hydrogens (tertiary/aromatic N) is 2. The van der Waals surface area contributed by atoms with Crippen molar-refractivity contribution in [3.8, 4) is 0 Å². The Balaban J connectivity index is 2.32. The maximum absolute atomic E-state index is 13.1. The van der Waals surface area contributed by atoms with E-state index >= 15 is 0 Å². The summed E-state index contributed by atoms with van der Waals surface area (Å²) in [5.74, 6) is -0.324. The van der Waals surface area contributed by atoms with Crippen molar-refractivity contribution >= 4 is 0 Å². The lowest BCUT2D eigenvalue weighted by atomic mass is 10.1. The third-order valence-electron chi connectivity index (χ3n) is 3.54. The van der Waals surface area contributed by atoms with Crippen LogP contribution in [0.15, 0.2) is 34.7 Å². The summed E-state index contributed by atoms with van der Waals surface area (Å²) in [7, 11) is 0. The molecule has 0 saturated carbocycles. The van der Waals surface area contributed by atoms with Gasteiger partial charge in [0, 0.05) is 25.1 Å². The van der Waals surface area contributed by atoms with Crippen LogP contribution in [0.2, 0.25) is 0 Å². The van der Waals surface area contributed by atoms with Crippen LogP contribution in [0, 0.1) is 0 Å². The van der Waals surface area contributed by atoms with Gasteiger partial charge in [0.05, 0.1) is 17.6 Å². The highest BCUT2D eigenvalue weighted by Crippen LogP contribution is 2.29. The van der Waals surface area contributed by atoms with Crippen LogP contribution in [0.25, 0.3) is 0 Å². The van der Waals surface area contributed by atoms with Gasteiger partial charge in [0.1, 0.15) is 5.82 Å². The highest BCUT2D eigenvalue weighted by atomic mass is 19.4. The van der Waals surface area contributed by atoms with E-state index in [-0.39, 0.29) is 24.5 Å². The Morgan fingerprint density at radius 2 is 2.09 bits per heavy atom. The molecule has 0 spiro atoms. The summed E-state index contributed by atoms with van der Waals surface area (Å²) < 4.78 is 39.2. The minimum absolute atomic E-state index is 0.241. The summed E-state index contributed by atoms with van der Waals surface area (Å²) in [6, 6.07) is 0. The SMILES string of the molecule is C/C=C\C(=C(/N)N1CCc2nc[nH]c(=O)c2CC1)C(F)(F)F. The number of nitrogens with one attached hydrogen (secondary N) is 1. The Morgan fingerprint density at radius 1 is 1.41 bits per heavy atom. The van der Waals surface area contributed by atoms with Crippen molar-refractivity contribution in [1.29, 1.82) is 0 Å². The number of allylic oxidation sites excluding steroid dienone is 3. The fourth-order valence-electron chi connectivity index (χ4n) is 2.44. The zero-order valence-corrected chi connectivity index (χ0v) is 12.1. The topological polar surface area (TPSA) is 75.0 Å². The number of nitrogens with two attached hydrogens (primary N) is 1. The Morgan fingerprint density at radius 3 is 2.73 bits per heavy atom. The van der Waals surface area contributed by atoms with E-state index in [0.717, 1.165) is 6.08 Å². The highest BCUT2D eigenvalue weighted by Gasteiger charge is 2.35. The van der Waals surface area contributed by atoms with E-state index in [1.165, 1.54) is 24.2 Å². The first-order chi connectivity index (χ1) is 10.3. The second-order valence-corrected chi connectivity index (χ2v) is 4.94. The maximum atomic E-state index is 13.1. The average Bonchev–Trinajstić information content (AvgIpc) is 2.66. The molecule has 0 saturated heterocycles. The van der Waals surface area contributed by atoms with Gasteiger partial charge in [-0.15, -0.1) is 0 Å². The van der Waals surface area contributed by atoms with Crippen molar-refractivity contribution in [1.82, 2.24) is 14.9 Å². The molecule has 8 heteroatoms. The molecule has 1 aromatic rings. The first-order valence-electron chi connectivity index (χ1n) is 6.84. The highest BCUT2D eigenvalue weighted by molar-refractivity contribution is 5.29. The molecular weight excluding hydrogens is 297 g/mol. The molecule has 0 aromatic carbocycles. The van der Waals surface area contributed by atoms with Gasteiger partial charge in [0.15, 0.2) is 0 Å². The molecule has 0 atom stereocenters. The minimum Gasteiger partial charge on any atom is -0.385 e. The number of hydrogen-bond donors (Lipinski definition) is 2. The molecule has 2 heterocycles. The molecule has 3 N–H and O–H groups in total. The lowest BCUT2D eigenvalue weighted by Gasteiger charge is -2.25. The van der Waals surface area contributed by atoms with Crippen molar-refractivity contribution in [3.63, 3.8) is 0 Å². The fourth-order valence-corrected chi connectivity index (χ4v) is 2.44. The van der Waals surface area contributed by atoms with Gasteiger partial charge >= 0.3 is 6.18 Å². The number of hydrogen-bond acceptors (Lipinski definition) is 4. The third-order valence-corrected chi connectivity index (χ3v) is 3.54. The Hall–Kier alpha value is -2.25. The number of fused-ring (bicyclic) bond motifs is 1. The van der Waals surface area contributed by atoms with Gasteiger partial charge in [-0.2, -0.15) is 13.2 Å². The molecule has 0 bridgehead atoms. The summed E-state index contributed by atoms with van der Waals surface area (Å²) in [5.41, 5.74) is 5.73. The van der Waals surface area contributed by atoms with E-state index in [0.29, 0.717) is 24.1 Å². The first kappa shape index (κ1) is 16.1. The van der Waals surface area contributed by atoms with Gasteiger partial charge in [-0.25, -0.2) is 4.98 Å². The quantitative estimate of drug-likeness (QED) is 0.811. The van der Waals surface area contributed by atoms with Crippen LogP contribution in [0.1, 0.15) is 18.2 Å². The van der Waals surface area contributed by atoms with E-state index in [4.69, 9.17) is 5.73 Å². The van der Waals surface area contributed by atoms with Gasteiger partial charge in [-0.1, -0.05) is 12.2 Å². The molecule has 1 aliphatic heterocycles. The smallest absolute Gasteiger partial charge is 0.385 e. The van der Waals surface area contributed by atoms with Crippen LogP contribution in [-0.2, 0) is 12.8 Å². The monoisotopic (exact) mass is 314 g/mol. The first-order valence-corrected chi connectivity index (χ1v) is 6.84. The predicted molar refractivity (Wildman–Crippen MR) is 75.9 cm³/mol. The zero-order valence-electron chi connectivity index (χ0n) is 12.1. The largest absolute Gasteiger partial charge is 0.419 e. The molecule has 0 aliphatic carbocycles. The van der Waals surface area contributed by atoms with Crippen LogP contribution in [0.5, 0.6) is 0 Å². The maximum Gasteiger partial charge on any atom is 0.419 e. The number of aromatic amines is 1. The van der Waals surface area contributed by atoms with Gasteiger partial charge in [0.2, 0.25) is 0 Å². The lowest BCUT2D eigenvalue weighted by Crippen LogP contribution is -2.34. The molecule has 5 nitrogen and oxygen atoms in total. The zero-order chi connectivity index (χ0) is 16.3. The van der Waals surface area contributed by atoms with Gasteiger partial charge in [0.25, 0.3) is 5.56 Å². The van der Waals surface area contributed by atoms with E-state index in [2.05, 4.69) is 9.97 Å². The molecular formula is C14H17F3N4O. The Labute approximate surface area is 125 Å². The van der Waals surface area contributed by atoms with Crippen molar-refractivity contribution in [2.75, 3.05) is 13.1 Å². The van der Waals surface area contributed by atoms with Crippen LogP contribution >= 0.6 is 0 Å². The molecule has 0 unspecified atom stereocenters. The van der Waals surface area contributed by atoms with E-state index < -0.39 is 11.7 Å². The summed E-state index contributed by atoms with van der Waals surface area (Å²) >= 11 is 0. The second-order valence-electron chi connectivity index (χ2n) is 4.94. The van der Waals surface area contributed by atoms with Crippen LogP contribution in [-0.4, -0.2) is 34.1 Å². The van der Waals surface area contributed by atoms with Crippen LogP contribution in [0.4, 0.5) is 13.2 Å². The molecule has 1 aromatic heterocycles. The van der Waals surface area contributed by atoms with Gasteiger partial charge < -0.3 is 15.6 Å². The molecule has 0 radical (unpaired) electrons. The van der Waals surface area contributed by atoms with Crippen molar-refractivity contribution in [2.24, 2.45) is 5.73 Å². The molecule has 0 amide bonds. The number of aromatic nitrogens is 2. The summed E-state index contributed by atoms with van der Waals surface area (Å²) in [4.78, 5) is 19.8. The Bertz CT molecular complexity index is 661. The predicted octanol–water partition coefficient (Wildman–Crippen LogP) is 1.48. The van der Waals surface area contributed by atoms with Crippen LogP contribution in [0.3, 0.4) is 0 Å². The standard InChI is InChI=1S/C14H17F3N4O/c1-2-3-10(14(15,16)17)12(18)21-6-4-9-11(5-7-21)19-8-20-13(9)22/h2-3,8H,4-7,18H2,1H3,(H,19,20,22)/b3-2-,12-10-. The lowest BCUT2D eigenvalue weighted by molar-refractivity contribution is -0.0903. The second kappa shape index (κ2) is 6.25. The Kier molecular flexibility index (Phi) is 4.58. The number of alkyl halides is 3. The summed E-state index contributed by atoms with van der Waals surface area (Å²) in [5, 5.41) is 0. The molecule has 1 aliphatic rings. The normalized spacial score (nSPS) is 17.2. The van der Waals surface area contributed by atoms with Crippen molar-refractivity contribution in [2.45, 2.75) is 25.9 Å². The number of rotatable bonds is 2. The van der Waals surface area contributed by atoms with Crippen molar-refractivity contribution < 1.29 is 13.2 Å². The van der Waals surface area contributed by atoms with Crippen LogP contribution < -0.4 is 11.3 Å². The third kappa shape index (κ3) is 3.32. The van der Waals surface area contributed by atoms with E-state index in [1.54, 1.807) is 0 Å².